The smallest absolute Gasteiger partial charge is 0.338 e. The molecule has 0 aliphatic rings. The molecule has 6 aromatic rings. The highest BCUT2D eigenvalue weighted by Crippen LogP contribution is 2.32. The van der Waals surface area contributed by atoms with E-state index in [9.17, 15) is 4.79 Å². The highest BCUT2D eigenvalue weighted by atomic mass is 31.1. The summed E-state index contributed by atoms with van der Waals surface area (Å²) in [6, 6.07) is 47.4. The van der Waals surface area contributed by atoms with Crippen LogP contribution < -0.4 is 15.9 Å². The van der Waals surface area contributed by atoms with Gasteiger partial charge in [-0.25, -0.2) is 9.78 Å². The Balaban J connectivity index is 0.000000171. The number of aryl methyl sites for hydroxylation is 2. The predicted octanol–water partition coefficient (Wildman–Crippen LogP) is 7.76. The second-order valence-corrected chi connectivity index (χ2v) is 11.9. The average Bonchev–Trinajstić information content (AvgIpc) is 3.48. The maximum Gasteiger partial charge on any atom is 0.338 e. The number of aromatic nitrogens is 1. The molecule has 208 valence electrons. The number of esters is 1. The van der Waals surface area contributed by atoms with Crippen LogP contribution in [0.4, 0.5) is 0 Å². The third-order valence-electron chi connectivity index (χ3n) is 6.57. The SMILES string of the molecule is Cc1coc(-c2ccc(C(=O)OCc3ccccc3)c(C)c2)n1.c1ccc(P(c2ccccc2)c2ccccc2)cc1. The van der Waals surface area contributed by atoms with Gasteiger partial charge in [-0.05, 0) is 67.0 Å². The Kier molecular flexibility index (Phi) is 9.72. The fraction of sp³-hybridized carbons (Fsp3) is 0.0811. The van der Waals surface area contributed by atoms with E-state index in [1.807, 2.05) is 56.3 Å². The van der Waals surface area contributed by atoms with Crippen molar-refractivity contribution in [2.45, 2.75) is 20.5 Å². The van der Waals surface area contributed by atoms with Gasteiger partial charge in [0.15, 0.2) is 0 Å². The monoisotopic (exact) mass is 569 g/mol. The fourth-order valence-corrected chi connectivity index (χ4v) is 6.80. The highest BCUT2D eigenvalue weighted by molar-refractivity contribution is 7.79. The lowest BCUT2D eigenvalue weighted by molar-refractivity contribution is 0.0472. The Labute approximate surface area is 248 Å². The summed E-state index contributed by atoms with van der Waals surface area (Å²) < 4.78 is 10.8. The minimum Gasteiger partial charge on any atom is -0.457 e. The molecule has 0 amide bonds. The van der Waals surface area contributed by atoms with E-state index >= 15 is 0 Å². The Bertz CT molecular complexity index is 1610. The molecule has 0 aliphatic heterocycles. The van der Waals surface area contributed by atoms with Gasteiger partial charge in [0.1, 0.15) is 12.9 Å². The van der Waals surface area contributed by atoms with Crippen molar-refractivity contribution in [1.29, 1.82) is 0 Å². The number of carbonyl (C=O) groups excluding carboxylic acids is 1. The molecule has 0 aliphatic carbocycles. The molecule has 1 heterocycles. The topological polar surface area (TPSA) is 52.3 Å². The molecule has 4 nitrogen and oxygen atoms in total. The fourth-order valence-electron chi connectivity index (χ4n) is 4.49. The standard InChI is InChI=1S/C19H17NO3.C18H15P/c1-13-10-16(18-20-14(2)11-22-18)8-9-17(13)19(21)23-12-15-6-4-3-5-7-15;1-4-10-16(11-5-1)19(17-12-6-2-7-13-17)18-14-8-3-9-15-18/h3-11H,12H2,1-2H3;1-15H. The molecule has 5 heteroatoms. The van der Waals surface area contributed by atoms with E-state index in [4.69, 9.17) is 9.15 Å². The van der Waals surface area contributed by atoms with Crippen LogP contribution in [0.5, 0.6) is 0 Å². The number of nitrogens with zero attached hydrogens (tertiary/aromatic N) is 1. The third-order valence-corrected chi connectivity index (χ3v) is 9.01. The largest absolute Gasteiger partial charge is 0.457 e. The van der Waals surface area contributed by atoms with Crippen molar-refractivity contribution in [2.24, 2.45) is 0 Å². The van der Waals surface area contributed by atoms with E-state index in [0.29, 0.717) is 11.5 Å². The molecule has 0 N–H and O–H groups in total. The zero-order chi connectivity index (χ0) is 29.1. The van der Waals surface area contributed by atoms with Crippen molar-refractivity contribution in [1.82, 2.24) is 4.98 Å². The molecule has 0 fully saturated rings. The molecule has 0 unspecified atom stereocenters. The van der Waals surface area contributed by atoms with E-state index in [1.54, 1.807) is 12.3 Å². The summed E-state index contributed by atoms with van der Waals surface area (Å²) in [4.78, 5) is 16.5. The van der Waals surface area contributed by atoms with Crippen molar-refractivity contribution in [3.05, 3.63) is 168 Å². The van der Waals surface area contributed by atoms with Crippen molar-refractivity contribution < 1.29 is 13.9 Å². The Hall–Kier alpha value is -4.79. The van der Waals surface area contributed by atoms with E-state index in [2.05, 4.69) is 96.0 Å². The van der Waals surface area contributed by atoms with Crippen LogP contribution in [0.2, 0.25) is 0 Å². The molecule has 0 radical (unpaired) electrons. The quantitative estimate of drug-likeness (QED) is 0.146. The first-order valence-corrected chi connectivity index (χ1v) is 15.1. The lowest BCUT2D eigenvalue weighted by Gasteiger charge is -2.18. The van der Waals surface area contributed by atoms with Crippen LogP contribution in [0.3, 0.4) is 0 Å². The Morgan fingerprint density at radius 1 is 0.690 bits per heavy atom. The van der Waals surface area contributed by atoms with Gasteiger partial charge >= 0.3 is 5.97 Å². The van der Waals surface area contributed by atoms with Gasteiger partial charge in [0.05, 0.1) is 11.3 Å². The van der Waals surface area contributed by atoms with Crippen LogP contribution in [-0.2, 0) is 11.3 Å². The van der Waals surface area contributed by atoms with Crippen molar-refractivity contribution in [3.63, 3.8) is 0 Å². The van der Waals surface area contributed by atoms with E-state index in [-0.39, 0.29) is 12.6 Å². The van der Waals surface area contributed by atoms with Crippen LogP contribution in [0.1, 0.15) is 27.2 Å². The minimum absolute atomic E-state index is 0.264. The first-order valence-electron chi connectivity index (χ1n) is 13.8. The zero-order valence-corrected chi connectivity index (χ0v) is 24.6. The lowest BCUT2D eigenvalue weighted by atomic mass is 10.1. The second kappa shape index (κ2) is 14.2. The Morgan fingerprint density at radius 3 is 1.64 bits per heavy atom. The van der Waals surface area contributed by atoms with Gasteiger partial charge in [-0.3, -0.25) is 0 Å². The molecule has 0 atom stereocenters. The van der Waals surface area contributed by atoms with Gasteiger partial charge in [-0.1, -0.05) is 121 Å². The van der Waals surface area contributed by atoms with Gasteiger partial charge in [0.2, 0.25) is 5.89 Å². The maximum atomic E-state index is 12.2. The number of hydrogen-bond acceptors (Lipinski definition) is 4. The van der Waals surface area contributed by atoms with Gasteiger partial charge in [0, 0.05) is 5.56 Å². The molecule has 0 bridgehead atoms. The summed E-state index contributed by atoms with van der Waals surface area (Å²) in [7, 11) is -0.446. The molecule has 6 rings (SSSR count). The third kappa shape index (κ3) is 7.48. The predicted molar refractivity (Wildman–Crippen MR) is 172 cm³/mol. The number of rotatable bonds is 7. The van der Waals surface area contributed by atoms with Crippen LogP contribution in [0.15, 0.2) is 150 Å². The maximum absolute atomic E-state index is 12.2. The molecule has 0 saturated heterocycles. The highest BCUT2D eigenvalue weighted by Gasteiger charge is 2.15. The summed E-state index contributed by atoms with van der Waals surface area (Å²) in [5.74, 6) is 0.219. The summed E-state index contributed by atoms with van der Waals surface area (Å²) in [5, 5.41) is 4.19. The first kappa shape index (κ1) is 28.7. The van der Waals surface area contributed by atoms with Gasteiger partial charge < -0.3 is 9.15 Å². The van der Waals surface area contributed by atoms with Crippen LogP contribution in [-0.4, -0.2) is 11.0 Å². The molecule has 0 saturated carbocycles. The molecule has 42 heavy (non-hydrogen) atoms. The van der Waals surface area contributed by atoms with E-state index in [0.717, 1.165) is 22.4 Å². The number of hydrogen-bond donors (Lipinski definition) is 0. The molecule has 0 spiro atoms. The number of oxazole rings is 1. The number of benzene rings is 5. The van der Waals surface area contributed by atoms with Crippen LogP contribution in [0.25, 0.3) is 11.5 Å². The van der Waals surface area contributed by atoms with Crippen LogP contribution >= 0.6 is 7.92 Å². The molecule has 5 aromatic carbocycles. The Morgan fingerprint density at radius 2 is 1.19 bits per heavy atom. The molecular formula is C37H32NO3P. The van der Waals surface area contributed by atoms with Gasteiger partial charge in [-0.2, -0.15) is 0 Å². The lowest BCUT2D eigenvalue weighted by Crippen LogP contribution is -2.20. The van der Waals surface area contributed by atoms with Crippen molar-refractivity contribution in [3.8, 4) is 11.5 Å². The first-order chi connectivity index (χ1) is 20.6. The minimum atomic E-state index is -0.446. The van der Waals surface area contributed by atoms with Crippen LogP contribution in [0, 0.1) is 13.8 Å². The number of ether oxygens (including phenoxy) is 1. The second-order valence-electron chi connectivity index (χ2n) is 9.73. The summed E-state index contributed by atoms with van der Waals surface area (Å²) in [5.41, 5.74) is 4.01. The summed E-state index contributed by atoms with van der Waals surface area (Å²) in [6.07, 6.45) is 1.60. The summed E-state index contributed by atoms with van der Waals surface area (Å²) >= 11 is 0. The summed E-state index contributed by atoms with van der Waals surface area (Å²) in [6.45, 7) is 4.01. The normalized spacial score (nSPS) is 10.5. The van der Waals surface area contributed by atoms with Gasteiger partial charge in [-0.15, -0.1) is 0 Å². The van der Waals surface area contributed by atoms with Crippen molar-refractivity contribution >= 4 is 29.8 Å². The average molecular weight is 570 g/mol. The zero-order valence-electron chi connectivity index (χ0n) is 23.7. The van der Waals surface area contributed by atoms with Crippen molar-refractivity contribution in [2.75, 3.05) is 0 Å². The molecule has 1 aromatic heterocycles. The van der Waals surface area contributed by atoms with Gasteiger partial charge in [0.25, 0.3) is 0 Å². The number of carbonyl (C=O) groups is 1. The van der Waals surface area contributed by atoms with E-state index in [1.165, 1.54) is 15.9 Å². The van der Waals surface area contributed by atoms with E-state index < -0.39 is 7.92 Å². The molecular weight excluding hydrogens is 537 g/mol.